The van der Waals surface area contributed by atoms with Gasteiger partial charge in [0, 0.05) is 44.6 Å². The molecule has 1 aromatic heterocycles. The quantitative estimate of drug-likeness (QED) is 0.800. The van der Waals surface area contributed by atoms with E-state index in [1.807, 2.05) is 32.8 Å². The van der Waals surface area contributed by atoms with Gasteiger partial charge < -0.3 is 15.0 Å². The maximum absolute atomic E-state index is 12.9. The molecule has 9 heteroatoms. The molecule has 2 atom stereocenters. The summed E-state index contributed by atoms with van der Waals surface area (Å²) in [4.78, 5) is 18.7. The van der Waals surface area contributed by atoms with Crippen molar-refractivity contribution in [1.82, 2.24) is 9.29 Å². The number of amides is 1. The van der Waals surface area contributed by atoms with E-state index in [1.165, 1.54) is 16.4 Å². The van der Waals surface area contributed by atoms with Gasteiger partial charge in [-0.05, 0) is 50.2 Å². The van der Waals surface area contributed by atoms with Crippen molar-refractivity contribution in [3.63, 3.8) is 0 Å². The largest absolute Gasteiger partial charge is 0.373 e. The number of hydrogen-bond donors (Lipinski definition) is 1. The Morgan fingerprint density at radius 3 is 2.34 bits per heavy atom. The SMILES string of the molecule is C[C@H]1CN(S(=O)(=O)c2ccc(NC(=O)c3ccnc(N(C)C)c3)cc2)C[C@H](C)O1. The number of carbonyl (C=O) groups excluding carboxylic acids is 1. The van der Waals surface area contributed by atoms with E-state index in [0.717, 1.165) is 0 Å². The highest BCUT2D eigenvalue weighted by Gasteiger charge is 2.32. The van der Waals surface area contributed by atoms with E-state index in [2.05, 4.69) is 10.3 Å². The number of anilines is 2. The number of hydrogen-bond acceptors (Lipinski definition) is 6. The fraction of sp³-hybridized carbons (Fsp3) is 0.400. The number of nitrogens with one attached hydrogen (secondary N) is 1. The third-order valence-electron chi connectivity index (χ3n) is 4.60. The zero-order valence-electron chi connectivity index (χ0n) is 17.0. The first-order valence-corrected chi connectivity index (χ1v) is 10.8. The minimum Gasteiger partial charge on any atom is -0.373 e. The Morgan fingerprint density at radius 1 is 1.14 bits per heavy atom. The molecule has 1 aromatic carbocycles. The van der Waals surface area contributed by atoms with Crippen molar-refractivity contribution >= 4 is 27.4 Å². The van der Waals surface area contributed by atoms with E-state index >= 15 is 0 Å². The van der Waals surface area contributed by atoms with E-state index in [-0.39, 0.29) is 23.0 Å². The molecule has 1 N–H and O–H groups in total. The summed E-state index contributed by atoms with van der Waals surface area (Å²) in [6.45, 7) is 4.36. The normalized spacial score (nSPS) is 20.3. The molecule has 0 aliphatic carbocycles. The Bertz CT molecular complexity index is 966. The van der Waals surface area contributed by atoms with Gasteiger partial charge in [0.1, 0.15) is 5.82 Å². The Kier molecular flexibility index (Phi) is 6.21. The highest BCUT2D eigenvalue weighted by atomic mass is 32.2. The lowest BCUT2D eigenvalue weighted by Crippen LogP contribution is -2.48. The van der Waals surface area contributed by atoms with Crippen molar-refractivity contribution in [2.75, 3.05) is 37.4 Å². The number of aromatic nitrogens is 1. The Morgan fingerprint density at radius 2 is 1.76 bits per heavy atom. The number of rotatable bonds is 5. The topological polar surface area (TPSA) is 91.8 Å². The van der Waals surface area contributed by atoms with Crippen LogP contribution in [0.5, 0.6) is 0 Å². The molecule has 0 unspecified atom stereocenters. The fourth-order valence-corrected chi connectivity index (χ4v) is 4.78. The van der Waals surface area contributed by atoms with Crippen LogP contribution in [0.4, 0.5) is 11.5 Å². The highest BCUT2D eigenvalue weighted by Crippen LogP contribution is 2.23. The number of carbonyl (C=O) groups is 1. The van der Waals surface area contributed by atoms with Crippen molar-refractivity contribution < 1.29 is 17.9 Å². The summed E-state index contributed by atoms with van der Waals surface area (Å²) in [6, 6.07) is 9.51. The second-order valence-electron chi connectivity index (χ2n) is 7.35. The lowest BCUT2D eigenvalue weighted by Gasteiger charge is -2.34. The van der Waals surface area contributed by atoms with Crippen LogP contribution in [0.15, 0.2) is 47.5 Å². The molecular weight excluding hydrogens is 392 g/mol. The third kappa shape index (κ3) is 4.92. The predicted molar refractivity (Wildman–Crippen MR) is 112 cm³/mol. The minimum absolute atomic E-state index is 0.153. The van der Waals surface area contributed by atoms with Gasteiger partial charge in [0.15, 0.2) is 0 Å². The summed E-state index contributed by atoms with van der Waals surface area (Å²) in [5, 5.41) is 2.78. The van der Waals surface area contributed by atoms with Gasteiger partial charge in [-0.15, -0.1) is 0 Å². The fourth-order valence-electron chi connectivity index (χ4n) is 3.19. The van der Waals surface area contributed by atoms with Gasteiger partial charge in [0.25, 0.3) is 5.91 Å². The van der Waals surface area contributed by atoms with E-state index in [1.54, 1.807) is 30.5 Å². The first kappa shape index (κ1) is 21.2. The molecule has 0 saturated carbocycles. The van der Waals surface area contributed by atoms with Crippen LogP contribution in [0.1, 0.15) is 24.2 Å². The van der Waals surface area contributed by atoms with Crippen LogP contribution in [0, 0.1) is 0 Å². The second-order valence-corrected chi connectivity index (χ2v) is 9.29. The Balaban J connectivity index is 1.73. The molecule has 2 aromatic rings. The molecule has 156 valence electrons. The summed E-state index contributed by atoms with van der Waals surface area (Å²) >= 11 is 0. The molecule has 3 rings (SSSR count). The molecule has 29 heavy (non-hydrogen) atoms. The van der Waals surface area contributed by atoms with Gasteiger partial charge in [-0.3, -0.25) is 4.79 Å². The van der Waals surface area contributed by atoms with Crippen LogP contribution >= 0.6 is 0 Å². The average Bonchev–Trinajstić information content (AvgIpc) is 2.67. The highest BCUT2D eigenvalue weighted by molar-refractivity contribution is 7.89. The van der Waals surface area contributed by atoms with Crippen LogP contribution < -0.4 is 10.2 Å². The first-order chi connectivity index (χ1) is 13.7. The van der Waals surface area contributed by atoms with Gasteiger partial charge >= 0.3 is 0 Å². The van der Waals surface area contributed by atoms with Crippen molar-refractivity contribution in [1.29, 1.82) is 0 Å². The van der Waals surface area contributed by atoms with Gasteiger partial charge in [-0.25, -0.2) is 13.4 Å². The van der Waals surface area contributed by atoms with Crippen LogP contribution in [-0.4, -0.2) is 63.0 Å². The Labute approximate surface area is 171 Å². The van der Waals surface area contributed by atoms with Crippen LogP contribution in [0.2, 0.25) is 0 Å². The Hall–Kier alpha value is -2.49. The molecule has 1 amide bonds. The molecule has 1 saturated heterocycles. The van der Waals surface area contributed by atoms with Gasteiger partial charge in [0.2, 0.25) is 10.0 Å². The standard InChI is InChI=1S/C20H26N4O4S/c1-14-12-24(13-15(2)28-14)29(26,27)18-7-5-17(6-8-18)22-20(25)16-9-10-21-19(11-16)23(3)4/h5-11,14-15H,12-13H2,1-4H3,(H,22,25)/t14-,15-/m0/s1. The molecule has 1 fully saturated rings. The maximum Gasteiger partial charge on any atom is 0.255 e. The van der Waals surface area contributed by atoms with E-state index < -0.39 is 10.0 Å². The van der Waals surface area contributed by atoms with E-state index in [4.69, 9.17) is 4.74 Å². The lowest BCUT2D eigenvalue weighted by atomic mass is 10.2. The van der Waals surface area contributed by atoms with Gasteiger partial charge in [-0.1, -0.05) is 0 Å². The smallest absolute Gasteiger partial charge is 0.255 e. The number of sulfonamides is 1. The van der Waals surface area contributed by atoms with Gasteiger partial charge in [-0.2, -0.15) is 4.31 Å². The number of morpholine rings is 1. The van der Waals surface area contributed by atoms with Crippen LogP contribution in [0.3, 0.4) is 0 Å². The molecule has 0 bridgehead atoms. The minimum atomic E-state index is -3.61. The van der Waals surface area contributed by atoms with Crippen LogP contribution in [0.25, 0.3) is 0 Å². The zero-order chi connectivity index (χ0) is 21.2. The number of nitrogens with zero attached hydrogens (tertiary/aromatic N) is 3. The van der Waals surface area contributed by atoms with E-state index in [9.17, 15) is 13.2 Å². The first-order valence-electron chi connectivity index (χ1n) is 9.37. The third-order valence-corrected chi connectivity index (χ3v) is 6.45. The summed E-state index contributed by atoms with van der Waals surface area (Å²) in [5.74, 6) is 0.384. The molecule has 1 aliphatic heterocycles. The lowest BCUT2D eigenvalue weighted by molar-refractivity contribution is -0.0440. The van der Waals surface area contributed by atoms with Crippen molar-refractivity contribution in [2.45, 2.75) is 31.0 Å². The zero-order valence-corrected chi connectivity index (χ0v) is 17.8. The molecule has 8 nitrogen and oxygen atoms in total. The molecule has 0 spiro atoms. The summed E-state index contributed by atoms with van der Waals surface area (Å²) in [7, 11) is 0.0792. The van der Waals surface area contributed by atoms with Crippen LogP contribution in [-0.2, 0) is 14.8 Å². The molecular formula is C20H26N4O4S. The molecule has 1 aliphatic rings. The molecule has 2 heterocycles. The summed E-state index contributed by atoms with van der Waals surface area (Å²) < 4.78 is 32.9. The second kappa shape index (κ2) is 8.48. The number of pyridine rings is 1. The number of ether oxygens (including phenoxy) is 1. The van der Waals surface area contributed by atoms with Crippen molar-refractivity contribution in [3.8, 4) is 0 Å². The maximum atomic E-state index is 12.9. The molecule has 0 radical (unpaired) electrons. The van der Waals surface area contributed by atoms with Crippen molar-refractivity contribution in [3.05, 3.63) is 48.2 Å². The monoisotopic (exact) mass is 418 g/mol. The van der Waals surface area contributed by atoms with E-state index in [0.29, 0.717) is 30.2 Å². The van der Waals surface area contributed by atoms with Crippen molar-refractivity contribution in [2.24, 2.45) is 0 Å². The summed E-state index contributed by atoms with van der Waals surface area (Å²) in [5.41, 5.74) is 0.984. The average molecular weight is 419 g/mol. The number of benzene rings is 1. The summed E-state index contributed by atoms with van der Waals surface area (Å²) in [6.07, 6.45) is 1.27. The predicted octanol–water partition coefficient (Wildman–Crippen LogP) is 2.20. The van der Waals surface area contributed by atoms with Gasteiger partial charge in [0.05, 0.1) is 17.1 Å².